The monoisotopic (exact) mass is 600 g/mol. The smallest absolute Gasteiger partial charge is 0.245 e. The number of hydrogen-bond acceptors (Lipinski definition) is 7. The highest BCUT2D eigenvalue weighted by molar-refractivity contribution is 7.76. The molecule has 1 N–H and O–H groups in total. The number of carbonyl (C=O) groups is 1. The summed E-state index contributed by atoms with van der Waals surface area (Å²) >= 11 is -2.30. The Morgan fingerprint density at radius 1 is 1.00 bits per heavy atom. The molecule has 2 aromatic carbocycles. The third-order valence-electron chi connectivity index (χ3n) is 8.85. The quantitative estimate of drug-likeness (QED) is 0.299. The summed E-state index contributed by atoms with van der Waals surface area (Å²) < 4.78 is 25.9. The van der Waals surface area contributed by atoms with E-state index in [9.17, 15) is 13.6 Å². The first-order valence-electron chi connectivity index (χ1n) is 14.9. The van der Waals surface area contributed by atoms with Crippen LogP contribution in [-0.2, 0) is 22.6 Å². The van der Waals surface area contributed by atoms with Crippen molar-refractivity contribution in [2.75, 3.05) is 45.6 Å². The van der Waals surface area contributed by atoms with Crippen molar-refractivity contribution in [3.05, 3.63) is 78.0 Å². The first-order valence-corrected chi connectivity index (χ1v) is 16.0. The zero-order valence-corrected chi connectivity index (χ0v) is 25.5. The molecule has 1 atom stereocenters. The van der Waals surface area contributed by atoms with E-state index in [1.807, 2.05) is 40.9 Å². The lowest BCUT2D eigenvalue weighted by Gasteiger charge is -2.36. The maximum Gasteiger partial charge on any atom is 0.245 e. The normalized spacial score (nSPS) is 17.9. The van der Waals surface area contributed by atoms with Crippen LogP contribution in [0.5, 0.6) is 0 Å². The molecule has 10 nitrogen and oxygen atoms in total. The molecule has 226 valence electrons. The van der Waals surface area contributed by atoms with Crippen LogP contribution in [0.2, 0.25) is 0 Å². The summed E-state index contributed by atoms with van der Waals surface area (Å²) in [7, 11) is 3.68. The molecule has 0 aliphatic carbocycles. The molecular weight excluding hydrogens is 562 g/mol. The minimum absolute atomic E-state index is 0.189. The predicted molar refractivity (Wildman–Crippen MR) is 167 cm³/mol. The van der Waals surface area contributed by atoms with Gasteiger partial charge in [0.15, 0.2) is 0 Å². The highest BCUT2D eigenvalue weighted by Gasteiger charge is 2.30. The van der Waals surface area contributed by atoms with E-state index in [2.05, 4.69) is 51.4 Å². The summed E-state index contributed by atoms with van der Waals surface area (Å²) in [5.41, 5.74) is 5.68. The first-order chi connectivity index (χ1) is 20.9. The van der Waals surface area contributed by atoms with Crippen LogP contribution in [0.4, 0.5) is 11.6 Å². The van der Waals surface area contributed by atoms with E-state index in [0.717, 1.165) is 79.9 Å². The van der Waals surface area contributed by atoms with E-state index < -0.39 is 11.3 Å². The molecule has 4 heterocycles. The number of fused-ring (bicyclic) bond motifs is 1. The van der Waals surface area contributed by atoms with Gasteiger partial charge in [-0.05, 0) is 94.2 Å². The van der Waals surface area contributed by atoms with Crippen LogP contribution in [0.3, 0.4) is 0 Å². The number of piperidine rings is 2. The fourth-order valence-corrected chi connectivity index (χ4v) is 6.52. The summed E-state index contributed by atoms with van der Waals surface area (Å²) in [6.07, 6.45) is 5.70. The van der Waals surface area contributed by atoms with Crippen LogP contribution >= 0.6 is 0 Å². The highest BCUT2D eigenvalue weighted by Crippen LogP contribution is 2.31. The third-order valence-corrected chi connectivity index (χ3v) is 9.49. The van der Waals surface area contributed by atoms with Crippen molar-refractivity contribution in [3.8, 4) is 11.3 Å². The molecule has 43 heavy (non-hydrogen) atoms. The fourth-order valence-electron chi connectivity index (χ4n) is 6.28. The second-order valence-corrected chi connectivity index (χ2v) is 12.8. The Labute approximate surface area is 255 Å². The molecule has 1 unspecified atom stereocenters. The summed E-state index contributed by atoms with van der Waals surface area (Å²) in [5.74, 6) is 1.45. The SMILES string of the molecule is CN1CCC(C(=O)N2CCC(c3ccc(Nc4ncc5ccc(-c6ccccc6CN(C)S(=O)[O-])n5n4)cc3)CC2)CC1. The van der Waals surface area contributed by atoms with Crippen molar-refractivity contribution in [2.45, 2.75) is 38.1 Å². The molecule has 2 aliphatic rings. The molecule has 0 saturated carbocycles. The number of nitrogens with zero attached hydrogens (tertiary/aromatic N) is 6. The van der Waals surface area contributed by atoms with Gasteiger partial charge >= 0.3 is 0 Å². The lowest BCUT2D eigenvalue weighted by atomic mass is 9.88. The molecule has 11 heteroatoms. The van der Waals surface area contributed by atoms with E-state index in [0.29, 0.717) is 17.8 Å². The number of hydrogen-bond donors (Lipinski definition) is 1. The van der Waals surface area contributed by atoms with Crippen molar-refractivity contribution < 1.29 is 13.6 Å². The third kappa shape index (κ3) is 6.65. The predicted octanol–water partition coefficient (Wildman–Crippen LogP) is 4.41. The molecule has 6 rings (SSSR count). The van der Waals surface area contributed by atoms with Crippen LogP contribution in [0.1, 0.15) is 42.7 Å². The Morgan fingerprint density at radius 3 is 2.44 bits per heavy atom. The van der Waals surface area contributed by atoms with Crippen LogP contribution < -0.4 is 5.32 Å². The molecule has 0 radical (unpaired) electrons. The summed E-state index contributed by atoms with van der Waals surface area (Å²) in [5, 5.41) is 8.09. The molecule has 2 aliphatic heterocycles. The van der Waals surface area contributed by atoms with E-state index in [1.54, 1.807) is 13.2 Å². The molecule has 1 amide bonds. The topological polar surface area (TPSA) is 109 Å². The van der Waals surface area contributed by atoms with E-state index in [-0.39, 0.29) is 12.5 Å². The maximum absolute atomic E-state index is 13.0. The standard InChI is InChI=1S/C32H39N7O3S/c1-36-17-13-25(14-18-36)31(40)38-19-15-24(16-20-38)23-7-9-27(10-8-23)34-32-33-21-28-11-12-30(39(28)35-32)29-6-4-3-5-26(29)22-37(2)43(41)42/h3-12,21,24-25H,13-20,22H2,1-2H3,(H,34,35)(H,41,42)/p-1. The molecule has 4 aromatic rings. The van der Waals surface area contributed by atoms with Crippen LogP contribution in [0, 0.1) is 5.92 Å². The first kappa shape index (κ1) is 29.4. The van der Waals surface area contributed by atoms with Gasteiger partial charge in [-0.1, -0.05) is 36.4 Å². The number of likely N-dealkylation sites (tertiary alicyclic amines) is 2. The molecule has 2 aromatic heterocycles. The minimum atomic E-state index is -2.30. The van der Waals surface area contributed by atoms with Gasteiger partial charge in [0.1, 0.15) is 0 Å². The fraction of sp³-hybridized carbons (Fsp3) is 0.406. The maximum atomic E-state index is 13.0. The number of anilines is 2. The minimum Gasteiger partial charge on any atom is -0.760 e. The van der Waals surface area contributed by atoms with Gasteiger partial charge in [-0.15, -0.1) is 5.10 Å². The van der Waals surface area contributed by atoms with Crippen molar-refractivity contribution in [3.63, 3.8) is 0 Å². The largest absolute Gasteiger partial charge is 0.760 e. The number of benzene rings is 2. The van der Waals surface area contributed by atoms with Gasteiger partial charge in [0, 0.05) is 48.1 Å². The lowest BCUT2D eigenvalue weighted by Crippen LogP contribution is -2.44. The average molecular weight is 601 g/mol. The number of carbonyl (C=O) groups excluding carboxylic acids is 1. The van der Waals surface area contributed by atoms with Crippen LogP contribution in [-0.4, -0.2) is 83.6 Å². The van der Waals surface area contributed by atoms with Crippen LogP contribution in [0.25, 0.3) is 16.8 Å². The van der Waals surface area contributed by atoms with E-state index in [4.69, 9.17) is 5.10 Å². The Kier molecular flexibility index (Phi) is 8.85. The Hall–Kier alpha value is -3.64. The van der Waals surface area contributed by atoms with Crippen molar-refractivity contribution in [1.82, 2.24) is 28.7 Å². The number of amides is 1. The van der Waals surface area contributed by atoms with Gasteiger partial charge in [0.25, 0.3) is 0 Å². The van der Waals surface area contributed by atoms with Gasteiger partial charge in [0.05, 0.1) is 17.4 Å². The molecule has 2 fully saturated rings. The van der Waals surface area contributed by atoms with E-state index >= 15 is 0 Å². The summed E-state index contributed by atoms with van der Waals surface area (Å²) in [6, 6.07) is 20.1. The lowest BCUT2D eigenvalue weighted by molar-refractivity contribution is -0.138. The second-order valence-electron chi connectivity index (χ2n) is 11.7. The highest BCUT2D eigenvalue weighted by atomic mass is 32.2. The number of nitrogens with one attached hydrogen (secondary N) is 1. The zero-order chi connectivity index (χ0) is 29.9. The van der Waals surface area contributed by atoms with Gasteiger partial charge in [-0.2, -0.15) is 0 Å². The molecule has 0 spiro atoms. The summed E-state index contributed by atoms with van der Waals surface area (Å²) in [4.78, 5) is 21.9. The van der Waals surface area contributed by atoms with Gasteiger partial charge in [-0.3, -0.25) is 9.00 Å². The van der Waals surface area contributed by atoms with Crippen molar-refractivity contribution in [1.29, 1.82) is 0 Å². The molecule has 0 bridgehead atoms. The Bertz CT molecular complexity index is 1590. The number of aromatic nitrogens is 3. The second kappa shape index (κ2) is 12.9. The van der Waals surface area contributed by atoms with Crippen molar-refractivity contribution in [2.24, 2.45) is 5.92 Å². The molecular formula is C32H38N7O3S-. The van der Waals surface area contributed by atoms with E-state index in [1.165, 1.54) is 9.87 Å². The number of rotatable bonds is 8. The zero-order valence-electron chi connectivity index (χ0n) is 24.7. The summed E-state index contributed by atoms with van der Waals surface area (Å²) in [6.45, 7) is 3.94. The van der Waals surface area contributed by atoms with Gasteiger partial charge < -0.3 is 19.7 Å². The van der Waals surface area contributed by atoms with Gasteiger partial charge in [0.2, 0.25) is 11.9 Å². The van der Waals surface area contributed by atoms with Crippen molar-refractivity contribution >= 4 is 34.3 Å². The van der Waals surface area contributed by atoms with Crippen LogP contribution in [0.15, 0.2) is 66.9 Å². The average Bonchev–Trinajstić information content (AvgIpc) is 3.45. The Morgan fingerprint density at radius 2 is 1.72 bits per heavy atom. The molecule has 2 saturated heterocycles. The van der Waals surface area contributed by atoms with Gasteiger partial charge in [-0.25, -0.2) is 13.8 Å². The Balaban J connectivity index is 1.11.